The van der Waals surface area contributed by atoms with Gasteiger partial charge in [-0.25, -0.2) is 9.59 Å². The lowest BCUT2D eigenvalue weighted by molar-refractivity contribution is -0.645. The molecule has 0 aliphatic carbocycles. The van der Waals surface area contributed by atoms with Crippen molar-refractivity contribution in [3.63, 3.8) is 0 Å². The van der Waals surface area contributed by atoms with Gasteiger partial charge in [-0.1, -0.05) is 0 Å². The van der Waals surface area contributed by atoms with E-state index in [2.05, 4.69) is 4.98 Å². The molecule has 2 rings (SSSR count). The van der Waals surface area contributed by atoms with Crippen molar-refractivity contribution in [1.29, 1.82) is 0 Å². The molecule has 0 atom stereocenters. The number of carbonyl (C=O) groups is 2. The fraction of sp³-hybridized carbons (Fsp3) is 0.353. The van der Waals surface area contributed by atoms with Gasteiger partial charge in [0.25, 0.3) is 5.03 Å². The van der Waals surface area contributed by atoms with Crippen LogP contribution in [-0.2, 0) is 15.2 Å². The minimum Gasteiger partial charge on any atom is -0.618 e. The summed E-state index contributed by atoms with van der Waals surface area (Å²) >= 11 is 1.26. The summed E-state index contributed by atoms with van der Waals surface area (Å²) in [6.07, 6.45) is 1.40. The van der Waals surface area contributed by atoms with Gasteiger partial charge in [0.2, 0.25) is 0 Å². The van der Waals surface area contributed by atoms with Crippen LogP contribution in [0, 0.1) is 12.1 Å². The average molecular weight is 364 g/mol. The maximum absolute atomic E-state index is 12.3. The Morgan fingerprint density at radius 1 is 1.20 bits per heavy atom. The third-order valence-electron chi connectivity index (χ3n) is 3.44. The lowest BCUT2D eigenvalue weighted by atomic mass is 10.1. The summed E-state index contributed by atoms with van der Waals surface area (Å²) in [7, 11) is 0. The molecule has 8 heteroatoms. The van der Waals surface area contributed by atoms with Crippen molar-refractivity contribution in [1.82, 2.24) is 4.98 Å². The number of esters is 2. The Morgan fingerprint density at radius 3 is 2.52 bits per heavy atom. The highest BCUT2D eigenvalue weighted by Gasteiger charge is 2.26. The number of ether oxygens (including phenoxy) is 2. The van der Waals surface area contributed by atoms with Gasteiger partial charge in [0.1, 0.15) is 5.69 Å². The molecule has 0 bridgehead atoms. The van der Waals surface area contributed by atoms with Crippen LogP contribution in [0.15, 0.2) is 29.4 Å². The van der Waals surface area contributed by atoms with E-state index in [1.54, 1.807) is 39.0 Å². The molecule has 2 aromatic rings. The van der Waals surface area contributed by atoms with Gasteiger partial charge in [0.15, 0.2) is 6.20 Å². The van der Waals surface area contributed by atoms with Gasteiger partial charge in [-0.15, -0.1) is 0 Å². The number of carbonyl (C=O) groups excluding carboxylic acids is 2. The van der Waals surface area contributed by atoms with Crippen LogP contribution in [0.25, 0.3) is 0 Å². The van der Waals surface area contributed by atoms with Gasteiger partial charge in [-0.3, -0.25) is 0 Å². The second kappa shape index (κ2) is 8.57. The molecule has 2 aromatic heterocycles. The van der Waals surface area contributed by atoms with E-state index in [-0.39, 0.29) is 18.9 Å². The van der Waals surface area contributed by atoms with Crippen LogP contribution < -0.4 is 4.73 Å². The molecule has 0 unspecified atom stereocenters. The summed E-state index contributed by atoms with van der Waals surface area (Å²) in [6.45, 7) is 5.55. The Kier molecular flexibility index (Phi) is 6.46. The fourth-order valence-electron chi connectivity index (χ4n) is 2.32. The molecule has 0 fully saturated rings. The van der Waals surface area contributed by atoms with Crippen molar-refractivity contribution in [2.75, 3.05) is 13.2 Å². The number of thioether (sulfide) groups is 1. The highest BCUT2D eigenvalue weighted by Crippen LogP contribution is 2.26. The Labute approximate surface area is 149 Å². The molecular formula is C17H20N2O5S. The third kappa shape index (κ3) is 4.33. The number of pyridine rings is 1. The molecule has 7 nitrogen and oxygen atoms in total. The van der Waals surface area contributed by atoms with Gasteiger partial charge >= 0.3 is 11.9 Å². The SMILES string of the molecule is CCOC(=O)c1[nH]c(CSc2cccc[n+]2[O-])c(C(=O)OCC)c1C. The number of nitrogens with one attached hydrogen (secondary N) is 1. The Hall–Kier alpha value is -2.48. The third-order valence-corrected chi connectivity index (χ3v) is 4.48. The second-order valence-corrected chi connectivity index (χ2v) is 6.07. The molecular weight excluding hydrogens is 344 g/mol. The van der Waals surface area contributed by atoms with Gasteiger partial charge in [0, 0.05) is 23.6 Å². The van der Waals surface area contributed by atoms with Crippen LogP contribution in [0.1, 0.15) is 46.0 Å². The summed E-state index contributed by atoms with van der Waals surface area (Å²) in [4.78, 5) is 27.3. The van der Waals surface area contributed by atoms with Crippen molar-refractivity contribution in [3.05, 3.63) is 52.1 Å². The first-order chi connectivity index (χ1) is 12.0. The summed E-state index contributed by atoms with van der Waals surface area (Å²) in [5.74, 6) is -0.730. The maximum Gasteiger partial charge on any atom is 0.355 e. The summed E-state index contributed by atoms with van der Waals surface area (Å²) in [6, 6.07) is 5.08. The largest absolute Gasteiger partial charge is 0.618 e. The maximum atomic E-state index is 12.3. The monoisotopic (exact) mass is 364 g/mol. The summed E-state index contributed by atoms with van der Waals surface area (Å²) in [5.41, 5.74) is 1.54. The quantitative estimate of drug-likeness (QED) is 0.351. The lowest BCUT2D eigenvalue weighted by Crippen LogP contribution is -2.27. The molecule has 0 aliphatic rings. The number of aromatic nitrogens is 2. The molecule has 0 radical (unpaired) electrons. The van der Waals surface area contributed by atoms with Crippen LogP contribution in [0.2, 0.25) is 0 Å². The molecule has 25 heavy (non-hydrogen) atoms. The Bertz CT molecular complexity index is 772. The highest BCUT2D eigenvalue weighted by molar-refractivity contribution is 7.98. The molecule has 0 saturated carbocycles. The number of hydrogen-bond donors (Lipinski definition) is 1. The first-order valence-corrected chi connectivity index (χ1v) is 8.84. The van der Waals surface area contributed by atoms with Gasteiger partial charge in [0.05, 0.1) is 18.8 Å². The van der Waals surface area contributed by atoms with Gasteiger partial charge in [-0.05, 0) is 44.2 Å². The van der Waals surface area contributed by atoms with Crippen molar-refractivity contribution < 1.29 is 23.8 Å². The first kappa shape index (κ1) is 18.9. The van der Waals surface area contributed by atoms with E-state index in [1.807, 2.05) is 0 Å². The van der Waals surface area contributed by atoms with Gasteiger partial charge < -0.3 is 19.7 Å². The van der Waals surface area contributed by atoms with Gasteiger partial charge in [-0.2, -0.15) is 4.73 Å². The van der Waals surface area contributed by atoms with E-state index in [9.17, 15) is 14.8 Å². The zero-order chi connectivity index (χ0) is 18.4. The summed E-state index contributed by atoms with van der Waals surface area (Å²) in [5, 5.41) is 12.2. The van der Waals surface area contributed by atoms with E-state index >= 15 is 0 Å². The number of rotatable bonds is 7. The summed E-state index contributed by atoms with van der Waals surface area (Å²) < 4.78 is 10.9. The van der Waals surface area contributed by atoms with Crippen LogP contribution in [-0.4, -0.2) is 30.1 Å². The molecule has 2 heterocycles. The van der Waals surface area contributed by atoms with Crippen molar-refractivity contribution >= 4 is 23.7 Å². The van der Waals surface area contributed by atoms with E-state index < -0.39 is 11.9 Å². The van der Waals surface area contributed by atoms with Crippen molar-refractivity contribution in [2.24, 2.45) is 0 Å². The van der Waals surface area contributed by atoms with Crippen LogP contribution in [0.4, 0.5) is 0 Å². The second-order valence-electron chi connectivity index (χ2n) is 5.07. The van der Waals surface area contributed by atoms with Crippen LogP contribution in [0.5, 0.6) is 0 Å². The van der Waals surface area contributed by atoms with E-state index in [0.717, 1.165) is 4.73 Å². The molecule has 0 spiro atoms. The minimum absolute atomic E-state index is 0.226. The zero-order valence-electron chi connectivity index (χ0n) is 14.3. The first-order valence-electron chi connectivity index (χ1n) is 7.86. The molecule has 134 valence electrons. The topological polar surface area (TPSA) is 95.3 Å². The molecule has 0 saturated heterocycles. The number of H-pyrrole nitrogens is 1. The van der Waals surface area contributed by atoms with Crippen molar-refractivity contribution in [2.45, 2.75) is 31.6 Å². The smallest absolute Gasteiger partial charge is 0.355 e. The number of aromatic amines is 1. The van der Waals surface area contributed by atoms with E-state index in [4.69, 9.17) is 9.47 Å². The normalized spacial score (nSPS) is 10.5. The minimum atomic E-state index is -0.527. The molecule has 0 amide bonds. The van der Waals surface area contributed by atoms with E-state index in [1.165, 1.54) is 18.0 Å². The predicted octanol–water partition coefficient (Wildman–Crippen LogP) is 2.60. The average Bonchev–Trinajstić information content (AvgIpc) is 2.91. The molecule has 1 N–H and O–H groups in total. The lowest BCUT2D eigenvalue weighted by Gasteiger charge is -2.05. The van der Waals surface area contributed by atoms with Crippen LogP contribution in [0.3, 0.4) is 0 Å². The van der Waals surface area contributed by atoms with Crippen LogP contribution >= 0.6 is 11.8 Å². The highest BCUT2D eigenvalue weighted by atomic mass is 32.2. The Balaban J connectivity index is 2.34. The molecule has 0 aromatic carbocycles. The van der Waals surface area contributed by atoms with Crippen molar-refractivity contribution in [3.8, 4) is 0 Å². The fourth-order valence-corrected chi connectivity index (χ4v) is 3.20. The number of hydrogen-bond acceptors (Lipinski definition) is 6. The standard InChI is InChI=1S/C17H20N2O5S/c1-4-23-16(20)14-11(3)15(17(21)24-5-2)18-12(14)10-25-13-8-6-7-9-19(13)22/h6-9,18H,4-5,10H2,1-3H3. The Morgan fingerprint density at radius 2 is 1.88 bits per heavy atom. The predicted molar refractivity (Wildman–Crippen MR) is 92.4 cm³/mol. The zero-order valence-corrected chi connectivity index (χ0v) is 15.1. The van der Waals surface area contributed by atoms with E-state index in [0.29, 0.717) is 27.6 Å². The number of nitrogens with zero attached hydrogens (tertiary/aromatic N) is 1. The molecule has 0 aliphatic heterocycles.